The molecule has 3 nitrogen and oxygen atoms in total. The Morgan fingerprint density at radius 2 is 1.42 bits per heavy atom. The lowest BCUT2D eigenvalue weighted by Crippen LogP contribution is -2.41. The summed E-state index contributed by atoms with van der Waals surface area (Å²) < 4.78 is 18.5. The second kappa shape index (κ2) is 5.37. The van der Waals surface area contributed by atoms with Crippen molar-refractivity contribution in [3.8, 4) is 16.9 Å². The van der Waals surface area contributed by atoms with Gasteiger partial charge < -0.3 is 14.0 Å². The van der Waals surface area contributed by atoms with Crippen LogP contribution in [-0.4, -0.2) is 25.4 Å². The summed E-state index contributed by atoms with van der Waals surface area (Å²) >= 11 is 0. The number of ether oxygens (including phenoxy) is 1. The van der Waals surface area contributed by atoms with Crippen molar-refractivity contribution in [1.29, 1.82) is 0 Å². The van der Waals surface area contributed by atoms with Crippen LogP contribution in [0.3, 0.4) is 0 Å². The Labute approximate surface area is 156 Å². The highest BCUT2D eigenvalue weighted by Gasteiger charge is 2.53. The van der Waals surface area contributed by atoms with Gasteiger partial charge in [-0.25, -0.2) is 0 Å². The molecule has 1 saturated heterocycles. The molecule has 0 amide bonds. The van der Waals surface area contributed by atoms with E-state index in [1.807, 2.05) is 0 Å². The van der Waals surface area contributed by atoms with E-state index in [0.717, 1.165) is 11.2 Å². The summed E-state index contributed by atoms with van der Waals surface area (Å²) in [6, 6.07) is 12.9. The molecule has 0 atom stereocenters. The molecule has 0 unspecified atom stereocenters. The highest BCUT2D eigenvalue weighted by molar-refractivity contribution is 6.63. The van der Waals surface area contributed by atoms with Crippen molar-refractivity contribution in [2.75, 3.05) is 7.11 Å². The molecule has 0 saturated carbocycles. The van der Waals surface area contributed by atoms with E-state index in [4.69, 9.17) is 14.0 Å². The monoisotopic (exact) mass is 350 g/mol. The third-order valence-corrected chi connectivity index (χ3v) is 6.42. The Balaban J connectivity index is 1.89. The van der Waals surface area contributed by atoms with Gasteiger partial charge >= 0.3 is 7.12 Å². The fraction of sp³-hybridized carbons (Fsp3) is 0.455. The van der Waals surface area contributed by atoms with Crippen LogP contribution >= 0.6 is 0 Å². The quantitative estimate of drug-likeness (QED) is 0.756. The standard InChI is InChI=1S/C22H27BO3/c1-20(2)16-11-9-8-10-14(16)15-12-13-17(19(24-7)18(15)20)23-25-21(3,4)22(5,6)26-23/h8-13H,1-7H3. The molecule has 0 N–H and O–H groups in total. The molecule has 2 aliphatic rings. The minimum Gasteiger partial charge on any atom is -0.497 e. The lowest BCUT2D eigenvalue weighted by molar-refractivity contribution is 0.00578. The summed E-state index contributed by atoms with van der Waals surface area (Å²) in [6.45, 7) is 12.8. The molecule has 1 aliphatic heterocycles. The van der Waals surface area contributed by atoms with E-state index < -0.39 is 7.12 Å². The number of rotatable bonds is 2. The molecular formula is C22H27BO3. The van der Waals surface area contributed by atoms with Crippen molar-refractivity contribution >= 4 is 12.6 Å². The molecule has 2 aromatic carbocycles. The second-order valence-corrected chi connectivity index (χ2v) is 8.87. The minimum absolute atomic E-state index is 0.128. The number of hydrogen-bond acceptors (Lipinski definition) is 3. The Morgan fingerprint density at radius 1 is 0.808 bits per heavy atom. The van der Waals surface area contributed by atoms with Crippen molar-refractivity contribution in [3.05, 3.63) is 47.5 Å². The maximum absolute atomic E-state index is 6.30. The van der Waals surface area contributed by atoms with Crippen LogP contribution in [0.5, 0.6) is 5.75 Å². The summed E-state index contributed by atoms with van der Waals surface area (Å²) in [6.07, 6.45) is 0. The van der Waals surface area contributed by atoms with E-state index >= 15 is 0 Å². The maximum atomic E-state index is 6.30. The molecule has 0 aromatic heterocycles. The molecule has 1 fully saturated rings. The van der Waals surface area contributed by atoms with Crippen LogP contribution in [-0.2, 0) is 14.7 Å². The molecule has 136 valence electrons. The van der Waals surface area contributed by atoms with E-state index in [0.29, 0.717) is 0 Å². The first kappa shape index (κ1) is 17.6. The predicted octanol–water partition coefficient (Wildman–Crippen LogP) is 4.30. The van der Waals surface area contributed by atoms with Crippen LogP contribution in [0.4, 0.5) is 0 Å². The summed E-state index contributed by atoms with van der Waals surface area (Å²) in [4.78, 5) is 0. The fourth-order valence-electron chi connectivity index (χ4n) is 4.22. The van der Waals surface area contributed by atoms with E-state index in [-0.39, 0.29) is 16.6 Å². The second-order valence-electron chi connectivity index (χ2n) is 8.87. The van der Waals surface area contributed by atoms with Gasteiger partial charge in [0.15, 0.2) is 0 Å². The fourth-order valence-corrected chi connectivity index (χ4v) is 4.22. The molecule has 4 rings (SSSR count). The molecule has 0 radical (unpaired) electrons. The molecule has 0 bridgehead atoms. The highest BCUT2D eigenvalue weighted by atomic mass is 16.7. The Morgan fingerprint density at radius 3 is 2.04 bits per heavy atom. The summed E-state index contributed by atoms with van der Waals surface area (Å²) in [7, 11) is 1.31. The molecule has 2 aromatic rings. The average molecular weight is 350 g/mol. The predicted molar refractivity (Wildman–Crippen MR) is 106 cm³/mol. The van der Waals surface area contributed by atoms with E-state index in [1.54, 1.807) is 7.11 Å². The number of methoxy groups -OCH3 is 1. The van der Waals surface area contributed by atoms with E-state index in [9.17, 15) is 0 Å². The van der Waals surface area contributed by atoms with Gasteiger partial charge in [-0.15, -0.1) is 0 Å². The van der Waals surface area contributed by atoms with Gasteiger partial charge in [0, 0.05) is 16.4 Å². The van der Waals surface area contributed by atoms with Crippen molar-refractivity contribution in [2.45, 2.75) is 58.2 Å². The van der Waals surface area contributed by atoms with Crippen molar-refractivity contribution in [1.82, 2.24) is 0 Å². The zero-order chi connectivity index (χ0) is 18.9. The van der Waals surface area contributed by atoms with Gasteiger partial charge in [0.05, 0.1) is 18.3 Å². The average Bonchev–Trinajstić information content (AvgIpc) is 2.94. The third kappa shape index (κ3) is 2.22. The van der Waals surface area contributed by atoms with E-state index in [2.05, 4.69) is 77.9 Å². The summed E-state index contributed by atoms with van der Waals surface area (Å²) in [5, 5.41) is 0. The highest BCUT2D eigenvalue weighted by Crippen LogP contribution is 2.52. The molecule has 0 spiro atoms. The molecule has 1 heterocycles. The van der Waals surface area contributed by atoms with Gasteiger partial charge in [0.25, 0.3) is 0 Å². The largest absolute Gasteiger partial charge is 0.498 e. The van der Waals surface area contributed by atoms with Crippen LogP contribution in [0.2, 0.25) is 0 Å². The number of benzene rings is 2. The Kier molecular flexibility index (Phi) is 3.64. The van der Waals surface area contributed by atoms with Crippen molar-refractivity contribution < 1.29 is 14.0 Å². The molecule has 26 heavy (non-hydrogen) atoms. The third-order valence-electron chi connectivity index (χ3n) is 6.42. The Hall–Kier alpha value is -1.78. The van der Waals surface area contributed by atoms with Gasteiger partial charge in [0.2, 0.25) is 0 Å². The number of fused-ring (bicyclic) bond motifs is 3. The van der Waals surface area contributed by atoms with E-state index in [1.165, 1.54) is 22.3 Å². The van der Waals surface area contributed by atoms with Crippen LogP contribution in [0.25, 0.3) is 11.1 Å². The lowest BCUT2D eigenvalue weighted by atomic mass is 9.73. The first-order chi connectivity index (χ1) is 12.1. The van der Waals surface area contributed by atoms with Crippen LogP contribution in [0.1, 0.15) is 52.7 Å². The van der Waals surface area contributed by atoms with Gasteiger partial charge in [-0.2, -0.15) is 0 Å². The van der Waals surface area contributed by atoms with Crippen molar-refractivity contribution in [3.63, 3.8) is 0 Å². The first-order valence-corrected chi connectivity index (χ1v) is 9.27. The minimum atomic E-state index is -0.431. The molecular weight excluding hydrogens is 323 g/mol. The van der Waals surface area contributed by atoms with Gasteiger partial charge in [-0.1, -0.05) is 50.2 Å². The SMILES string of the molecule is COc1c(B2OC(C)(C)C(C)(C)O2)ccc2c1C(C)(C)c1ccccc1-2. The zero-order valence-corrected chi connectivity index (χ0v) is 16.8. The number of hydrogen-bond donors (Lipinski definition) is 0. The van der Waals surface area contributed by atoms with Gasteiger partial charge in [-0.3, -0.25) is 0 Å². The zero-order valence-electron chi connectivity index (χ0n) is 16.8. The van der Waals surface area contributed by atoms with Gasteiger partial charge in [-0.05, 0) is 44.4 Å². The smallest absolute Gasteiger partial charge is 0.497 e. The molecule has 4 heteroatoms. The van der Waals surface area contributed by atoms with Crippen LogP contribution in [0.15, 0.2) is 36.4 Å². The van der Waals surface area contributed by atoms with Gasteiger partial charge in [0.1, 0.15) is 5.75 Å². The lowest BCUT2D eigenvalue weighted by Gasteiger charge is -2.32. The summed E-state index contributed by atoms with van der Waals surface area (Å²) in [5.41, 5.74) is 5.16. The van der Waals surface area contributed by atoms with Crippen molar-refractivity contribution in [2.24, 2.45) is 0 Å². The first-order valence-electron chi connectivity index (χ1n) is 9.27. The summed E-state index contributed by atoms with van der Waals surface area (Å²) in [5.74, 6) is 0.877. The van der Waals surface area contributed by atoms with Crippen LogP contribution in [0, 0.1) is 0 Å². The Bertz CT molecular complexity index is 867. The van der Waals surface area contributed by atoms with Crippen LogP contribution < -0.4 is 10.2 Å². The maximum Gasteiger partial charge on any atom is 0.498 e. The topological polar surface area (TPSA) is 27.7 Å². The molecule has 1 aliphatic carbocycles. The normalized spacial score (nSPS) is 21.4.